The average molecular weight is 330 g/mol. The first-order valence-electron chi connectivity index (χ1n) is 8.60. The first kappa shape index (κ1) is 18.4. The first-order chi connectivity index (χ1) is 11.3. The van der Waals surface area contributed by atoms with E-state index in [9.17, 15) is 14.4 Å². The van der Waals surface area contributed by atoms with Crippen LogP contribution in [0.1, 0.15) is 53.4 Å². The second-order valence-corrected chi connectivity index (χ2v) is 7.23. The van der Waals surface area contributed by atoms with Gasteiger partial charge < -0.3 is 4.74 Å². The Morgan fingerprint density at radius 1 is 1.08 bits per heavy atom. The van der Waals surface area contributed by atoms with E-state index in [-0.39, 0.29) is 29.6 Å². The Balaban J connectivity index is 2.30. The lowest BCUT2D eigenvalue weighted by molar-refractivity contribution is -0.139. The van der Waals surface area contributed by atoms with Gasteiger partial charge in [-0.05, 0) is 62.3 Å². The van der Waals surface area contributed by atoms with Crippen LogP contribution in [0, 0.1) is 11.8 Å². The normalized spacial score (nSPS) is 30.9. The van der Waals surface area contributed by atoms with Crippen molar-refractivity contribution in [1.29, 1.82) is 0 Å². The lowest BCUT2D eigenvalue weighted by atomic mass is 9.84. The van der Waals surface area contributed by atoms with Gasteiger partial charge in [-0.1, -0.05) is 19.4 Å². The molecule has 130 valence electrons. The highest BCUT2D eigenvalue weighted by Crippen LogP contribution is 2.29. The summed E-state index contributed by atoms with van der Waals surface area (Å²) in [6.07, 6.45) is 6.83. The molecule has 2 bridgehead atoms. The van der Waals surface area contributed by atoms with Gasteiger partial charge in [0.1, 0.15) is 6.10 Å². The predicted molar refractivity (Wildman–Crippen MR) is 92.3 cm³/mol. The fourth-order valence-electron chi connectivity index (χ4n) is 3.19. The van der Waals surface area contributed by atoms with Gasteiger partial charge in [-0.2, -0.15) is 0 Å². The van der Waals surface area contributed by atoms with Crippen LogP contribution in [0.5, 0.6) is 0 Å². The van der Waals surface area contributed by atoms with E-state index in [1.54, 1.807) is 6.92 Å². The van der Waals surface area contributed by atoms with Crippen molar-refractivity contribution in [3.63, 3.8) is 0 Å². The molecule has 0 aromatic rings. The molecule has 2 rings (SSSR count). The Bertz CT molecular complexity index is 634. The summed E-state index contributed by atoms with van der Waals surface area (Å²) in [6, 6.07) is 0. The molecule has 0 saturated heterocycles. The molecule has 0 radical (unpaired) electrons. The zero-order valence-corrected chi connectivity index (χ0v) is 14.9. The number of carbonyl (C=O) groups excluding carboxylic acids is 3. The van der Waals surface area contributed by atoms with E-state index in [4.69, 9.17) is 4.74 Å². The highest BCUT2D eigenvalue weighted by atomic mass is 16.5. The maximum atomic E-state index is 12.4. The Morgan fingerprint density at radius 2 is 1.79 bits per heavy atom. The third-order valence-corrected chi connectivity index (χ3v) is 4.79. The Hall–Kier alpha value is -1.97. The monoisotopic (exact) mass is 330 g/mol. The van der Waals surface area contributed by atoms with Crippen LogP contribution in [0.15, 0.2) is 34.9 Å². The molecule has 4 heteroatoms. The van der Waals surface area contributed by atoms with Crippen molar-refractivity contribution in [1.82, 2.24) is 0 Å². The summed E-state index contributed by atoms with van der Waals surface area (Å²) in [5.41, 5.74) is 2.03. The molecule has 0 spiro atoms. The molecule has 24 heavy (non-hydrogen) atoms. The SMILES string of the molecule is C/C1=C\C(=O)/C=C(\C)C(=O)CC(C(C)C)CCC2=C[C@H](C1)OC2=O. The highest BCUT2D eigenvalue weighted by Gasteiger charge is 2.27. The zero-order chi connectivity index (χ0) is 17.9. The molecular weight excluding hydrogens is 304 g/mol. The van der Waals surface area contributed by atoms with Crippen LogP contribution in [0.4, 0.5) is 0 Å². The molecular formula is C20H26O4. The molecule has 0 aromatic carbocycles. The second kappa shape index (κ2) is 7.73. The number of ketones is 2. The van der Waals surface area contributed by atoms with Gasteiger partial charge in [-0.3, -0.25) is 9.59 Å². The third kappa shape index (κ3) is 4.76. The topological polar surface area (TPSA) is 60.4 Å². The van der Waals surface area contributed by atoms with Gasteiger partial charge >= 0.3 is 5.97 Å². The maximum Gasteiger partial charge on any atom is 0.334 e. The summed E-state index contributed by atoms with van der Waals surface area (Å²) in [5, 5.41) is 0. The highest BCUT2D eigenvalue weighted by molar-refractivity contribution is 6.06. The fourth-order valence-corrected chi connectivity index (χ4v) is 3.19. The van der Waals surface area contributed by atoms with E-state index < -0.39 is 0 Å². The predicted octanol–water partition coefficient (Wildman–Crippen LogP) is 3.72. The van der Waals surface area contributed by atoms with E-state index in [1.807, 2.05) is 13.0 Å². The molecule has 0 N–H and O–H groups in total. The largest absolute Gasteiger partial charge is 0.454 e. The average Bonchev–Trinajstić information content (AvgIpc) is 2.81. The summed E-state index contributed by atoms with van der Waals surface area (Å²) in [7, 11) is 0. The molecule has 1 unspecified atom stereocenters. The van der Waals surface area contributed by atoms with Crippen molar-refractivity contribution in [3.8, 4) is 0 Å². The van der Waals surface area contributed by atoms with Gasteiger partial charge in [0, 0.05) is 18.4 Å². The van der Waals surface area contributed by atoms with Crippen molar-refractivity contribution >= 4 is 17.5 Å². The molecule has 0 fully saturated rings. The lowest BCUT2D eigenvalue weighted by Gasteiger charge is -2.20. The summed E-state index contributed by atoms with van der Waals surface area (Å²) in [5.74, 6) is 0.0680. The molecule has 0 aromatic heterocycles. The van der Waals surface area contributed by atoms with Crippen LogP contribution >= 0.6 is 0 Å². The van der Waals surface area contributed by atoms with Gasteiger partial charge in [-0.15, -0.1) is 0 Å². The van der Waals surface area contributed by atoms with Crippen molar-refractivity contribution in [2.45, 2.75) is 59.5 Å². The molecule has 4 nitrogen and oxygen atoms in total. The third-order valence-electron chi connectivity index (χ3n) is 4.79. The van der Waals surface area contributed by atoms with Crippen LogP contribution in [0.2, 0.25) is 0 Å². The van der Waals surface area contributed by atoms with E-state index in [0.717, 1.165) is 12.0 Å². The number of rotatable bonds is 1. The van der Waals surface area contributed by atoms with Gasteiger partial charge in [0.05, 0.1) is 0 Å². The van der Waals surface area contributed by atoms with Crippen LogP contribution in [0.25, 0.3) is 0 Å². The first-order valence-corrected chi connectivity index (χ1v) is 8.60. The molecule has 0 saturated carbocycles. The number of allylic oxidation sites excluding steroid dienone is 3. The van der Waals surface area contributed by atoms with Gasteiger partial charge in [-0.25, -0.2) is 4.79 Å². The standard InChI is InChI=1S/C20H26O4/c1-12(2)15-5-6-16-10-18(24-20(16)23)8-13(3)7-17(21)9-14(4)19(22)11-15/h7,9-10,12,15,18H,5-6,8,11H2,1-4H3/b13-7+,14-9+/t15?,18-/m0/s1. The Morgan fingerprint density at radius 3 is 2.46 bits per heavy atom. The number of fused-ring (bicyclic) bond motifs is 1. The number of hydrogen-bond acceptors (Lipinski definition) is 4. The number of carbonyl (C=O) groups is 3. The smallest absolute Gasteiger partial charge is 0.334 e. The number of esters is 1. The summed E-state index contributed by atoms with van der Waals surface area (Å²) < 4.78 is 5.38. The molecule has 1 aliphatic carbocycles. The second-order valence-electron chi connectivity index (χ2n) is 7.23. The van der Waals surface area contributed by atoms with Gasteiger partial charge in [0.25, 0.3) is 0 Å². The molecule has 2 aliphatic rings. The van der Waals surface area contributed by atoms with Crippen LogP contribution < -0.4 is 0 Å². The molecule has 1 aliphatic heterocycles. The van der Waals surface area contributed by atoms with E-state index >= 15 is 0 Å². The van der Waals surface area contributed by atoms with E-state index in [2.05, 4.69) is 13.8 Å². The number of Topliss-reactive ketones (excluding diaryl/α,β-unsaturated/α-hetero) is 1. The summed E-state index contributed by atoms with van der Waals surface area (Å²) >= 11 is 0. The van der Waals surface area contributed by atoms with Crippen molar-refractivity contribution in [2.75, 3.05) is 0 Å². The van der Waals surface area contributed by atoms with Crippen LogP contribution in [0.3, 0.4) is 0 Å². The summed E-state index contributed by atoms with van der Waals surface area (Å²) in [4.78, 5) is 36.5. The molecule has 0 amide bonds. The zero-order valence-electron chi connectivity index (χ0n) is 14.9. The van der Waals surface area contributed by atoms with Crippen molar-refractivity contribution in [3.05, 3.63) is 34.9 Å². The number of hydrogen-bond donors (Lipinski definition) is 0. The minimum Gasteiger partial charge on any atom is -0.454 e. The van der Waals surface area contributed by atoms with E-state index in [0.29, 0.717) is 36.3 Å². The number of ether oxygens (including phenoxy) is 1. The Labute approximate surface area is 143 Å². The molecule has 1 heterocycles. The Kier molecular flexibility index (Phi) is 5.92. The van der Waals surface area contributed by atoms with Crippen molar-refractivity contribution < 1.29 is 19.1 Å². The maximum absolute atomic E-state index is 12.4. The van der Waals surface area contributed by atoms with Crippen molar-refractivity contribution in [2.24, 2.45) is 11.8 Å². The van der Waals surface area contributed by atoms with E-state index in [1.165, 1.54) is 12.2 Å². The quantitative estimate of drug-likeness (QED) is 0.688. The van der Waals surface area contributed by atoms with Crippen LogP contribution in [-0.2, 0) is 19.1 Å². The van der Waals surface area contributed by atoms with Gasteiger partial charge in [0.2, 0.25) is 0 Å². The lowest BCUT2D eigenvalue weighted by Crippen LogP contribution is -2.16. The minimum absolute atomic E-state index is 0.00557. The summed E-state index contributed by atoms with van der Waals surface area (Å²) in [6.45, 7) is 7.71. The molecule has 2 atom stereocenters. The fraction of sp³-hybridized carbons (Fsp3) is 0.550. The van der Waals surface area contributed by atoms with Crippen LogP contribution in [-0.4, -0.2) is 23.6 Å². The van der Waals surface area contributed by atoms with Gasteiger partial charge in [0.15, 0.2) is 11.6 Å². The minimum atomic E-state index is -0.288.